The van der Waals surface area contributed by atoms with E-state index in [0.29, 0.717) is 18.2 Å². The molecule has 2 aliphatic rings. The number of aliphatic hydroxyl groups is 1. The van der Waals surface area contributed by atoms with Crippen molar-refractivity contribution in [3.05, 3.63) is 0 Å². The number of carbonyl (C=O) groups excluding carboxylic acids is 1. The van der Waals surface area contributed by atoms with Gasteiger partial charge >= 0.3 is 0 Å². The van der Waals surface area contributed by atoms with E-state index in [1.807, 2.05) is 0 Å². The van der Waals surface area contributed by atoms with Crippen molar-refractivity contribution in [2.45, 2.75) is 32.1 Å². The Morgan fingerprint density at radius 3 is 2.39 bits per heavy atom. The van der Waals surface area contributed by atoms with Gasteiger partial charge in [-0.15, -0.1) is 0 Å². The fourth-order valence-corrected chi connectivity index (χ4v) is 3.14. The SMILES string of the molecule is O=C(CN1CCCN(CCO)CC1)C1CCCC1. The summed E-state index contributed by atoms with van der Waals surface area (Å²) >= 11 is 0. The molecule has 1 N–H and O–H groups in total. The lowest BCUT2D eigenvalue weighted by atomic mass is 10.0. The highest BCUT2D eigenvalue weighted by Crippen LogP contribution is 2.25. The van der Waals surface area contributed by atoms with Crippen LogP contribution in [0.1, 0.15) is 32.1 Å². The molecule has 1 saturated carbocycles. The molecule has 1 heterocycles. The van der Waals surface area contributed by atoms with E-state index in [-0.39, 0.29) is 6.61 Å². The predicted octanol–water partition coefficient (Wildman–Crippen LogP) is 0.746. The smallest absolute Gasteiger partial charge is 0.149 e. The van der Waals surface area contributed by atoms with Gasteiger partial charge in [0.15, 0.2) is 0 Å². The van der Waals surface area contributed by atoms with Crippen LogP contribution in [0.3, 0.4) is 0 Å². The summed E-state index contributed by atoms with van der Waals surface area (Å²) in [6.45, 7) is 5.69. The normalized spacial score (nSPS) is 24.3. The number of rotatable bonds is 5. The van der Waals surface area contributed by atoms with Gasteiger partial charge in [-0.3, -0.25) is 14.6 Å². The topological polar surface area (TPSA) is 43.8 Å². The average Bonchev–Trinajstić information content (AvgIpc) is 2.81. The summed E-state index contributed by atoms with van der Waals surface area (Å²) in [5.74, 6) is 0.810. The van der Waals surface area contributed by atoms with Crippen LogP contribution >= 0.6 is 0 Å². The molecule has 0 radical (unpaired) electrons. The number of Topliss-reactive ketones (excluding diaryl/α,β-unsaturated/α-hetero) is 1. The molecule has 2 rings (SSSR count). The molecule has 0 aromatic rings. The first kappa shape index (κ1) is 14.0. The number of ketones is 1. The zero-order valence-electron chi connectivity index (χ0n) is 11.3. The molecule has 0 spiro atoms. The zero-order valence-corrected chi connectivity index (χ0v) is 11.3. The lowest BCUT2D eigenvalue weighted by Crippen LogP contribution is -2.36. The third-order valence-electron chi connectivity index (χ3n) is 4.29. The number of carbonyl (C=O) groups is 1. The van der Waals surface area contributed by atoms with Gasteiger partial charge in [-0.05, 0) is 32.4 Å². The van der Waals surface area contributed by atoms with Gasteiger partial charge in [0.2, 0.25) is 0 Å². The molecular weight excluding hydrogens is 228 g/mol. The number of hydrogen-bond acceptors (Lipinski definition) is 4. The minimum absolute atomic E-state index is 0.237. The third kappa shape index (κ3) is 4.04. The fraction of sp³-hybridized carbons (Fsp3) is 0.929. The Morgan fingerprint density at radius 1 is 1.00 bits per heavy atom. The van der Waals surface area contributed by atoms with E-state index >= 15 is 0 Å². The molecule has 0 atom stereocenters. The van der Waals surface area contributed by atoms with E-state index in [1.54, 1.807) is 0 Å². The predicted molar refractivity (Wildman–Crippen MR) is 71.5 cm³/mol. The van der Waals surface area contributed by atoms with Gasteiger partial charge in [-0.1, -0.05) is 12.8 Å². The zero-order chi connectivity index (χ0) is 12.8. The van der Waals surface area contributed by atoms with Crippen molar-refractivity contribution >= 4 is 5.78 Å². The largest absolute Gasteiger partial charge is 0.395 e. The molecule has 1 saturated heterocycles. The summed E-state index contributed by atoms with van der Waals surface area (Å²) in [7, 11) is 0. The second kappa shape index (κ2) is 7.22. The van der Waals surface area contributed by atoms with Crippen LogP contribution in [0.2, 0.25) is 0 Å². The second-order valence-corrected chi connectivity index (χ2v) is 5.64. The molecule has 1 aliphatic carbocycles. The van der Waals surface area contributed by atoms with Crippen molar-refractivity contribution in [2.75, 3.05) is 45.9 Å². The van der Waals surface area contributed by atoms with Crippen LogP contribution in [-0.4, -0.2) is 66.6 Å². The highest BCUT2D eigenvalue weighted by atomic mass is 16.3. The first-order valence-corrected chi connectivity index (χ1v) is 7.38. The summed E-state index contributed by atoms with van der Waals surface area (Å²) in [5, 5.41) is 8.96. The van der Waals surface area contributed by atoms with E-state index in [2.05, 4.69) is 9.80 Å². The summed E-state index contributed by atoms with van der Waals surface area (Å²) in [5.41, 5.74) is 0. The molecule has 4 heteroatoms. The van der Waals surface area contributed by atoms with E-state index in [0.717, 1.165) is 52.0 Å². The average molecular weight is 254 g/mol. The van der Waals surface area contributed by atoms with Crippen LogP contribution in [0, 0.1) is 5.92 Å². The Kier molecular flexibility index (Phi) is 5.60. The summed E-state index contributed by atoms with van der Waals surface area (Å²) < 4.78 is 0. The molecular formula is C14H26N2O2. The van der Waals surface area contributed by atoms with E-state index < -0.39 is 0 Å². The maximum Gasteiger partial charge on any atom is 0.149 e. The van der Waals surface area contributed by atoms with Crippen LogP contribution in [0.4, 0.5) is 0 Å². The van der Waals surface area contributed by atoms with Crippen molar-refractivity contribution in [3.8, 4) is 0 Å². The molecule has 18 heavy (non-hydrogen) atoms. The number of nitrogens with zero attached hydrogens (tertiary/aromatic N) is 2. The van der Waals surface area contributed by atoms with Crippen LogP contribution in [0.5, 0.6) is 0 Å². The maximum absolute atomic E-state index is 12.1. The van der Waals surface area contributed by atoms with Crippen molar-refractivity contribution in [3.63, 3.8) is 0 Å². The standard InChI is InChI=1S/C14H26N2O2/c17-11-10-15-6-3-7-16(9-8-15)12-14(18)13-4-1-2-5-13/h13,17H,1-12H2. The Bertz CT molecular complexity index is 265. The quantitative estimate of drug-likeness (QED) is 0.786. The molecule has 104 valence electrons. The van der Waals surface area contributed by atoms with Gasteiger partial charge in [-0.2, -0.15) is 0 Å². The number of β-amino-alcohol motifs (C(OH)–C–C–N with tert-alkyl or cyclic N) is 1. The van der Waals surface area contributed by atoms with Crippen molar-refractivity contribution in [1.29, 1.82) is 0 Å². The van der Waals surface area contributed by atoms with Crippen molar-refractivity contribution < 1.29 is 9.90 Å². The van der Waals surface area contributed by atoms with Crippen LogP contribution in [-0.2, 0) is 4.79 Å². The van der Waals surface area contributed by atoms with E-state index in [9.17, 15) is 4.79 Å². The first-order valence-electron chi connectivity index (χ1n) is 7.38. The summed E-state index contributed by atoms with van der Waals surface area (Å²) in [4.78, 5) is 16.7. The molecule has 4 nitrogen and oxygen atoms in total. The Morgan fingerprint density at radius 2 is 1.67 bits per heavy atom. The molecule has 0 amide bonds. The van der Waals surface area contributed by atoms with Gasteiger partial charge < -0.3 is 5.11 Å². The fourth-order valence-electron chi connectivity index (χ4n) is 3.14. The Labute approximate surface area is 110 Å². The van der Waals surface area contributed by atoms with E-state index in [1.165, 1.54) is 12.8 Å². The van der Waals surface area contributed by atoms with Gasteiger partial charge in [0.1, 0.15) is 5.78 Å². The van der Waals surface area contributed by atoms with Crippen molar-refractivity contribution in [1.82, 2.24) is 9.80 Å². The molecule has 0 aromatic heterocycles. The first-order chi connectivity index (χ1) is 8.79. The van der Waals surface area contributed by atoms with Gasteiger partial charge in [0.05, 0.1) is 13.2 Å². The highest BCUT2D eigenvalue weighted by molar-refractivity contribution is 5.83. The molecule has 0 aromatic carbocycles. The molecule has 0 bridgehead atoms. The van der Waals surface area contributed by atoms with E-state index in [4.69, 9.17) is 5.11 Å². The minimum atomic E-state index is 0.237. The molecule has 2 fully saturated rings. The Hall–Kier alpha value is -0.450. The lowest BCUT2D eigenvalue weighted by Gasteiger charge is -2.21. The Balaban J connectivity index is 1.74. The van der Waals surface area contributed by atoms with Crippen LogP contribution in [0.25, 0.3) is 0 Å². The van der Waals surface area contributed by atoms with Crippen LogP contribution in [0.15, 0.2) is 0 Å². The summed E-state index contributed by atoms with van der Waals surface area (Å²) in [6.07, 6.45) is 5.81. The molecule has 0 unspecified atom stereocenters. The number of hydrogen-bond donors (Lipinski definition) is 1. The van der Waals surface area contributed by atoms with Crippen molar-refractivity contribution in [2.24, 2.45) is 5.92 Å². The minimum Gasteiger partial charge on any atom is -0.395 e. The van der Waals surface area contributed by atoms with Crippen LogP contribution < -0.4 is 0 Å². The highest BCUT2D eigenvalue weighted by Gasteiger charge is 2.25. The lowest BCUT2D eigenvalue weighted by molar-refractivity contribution is -0.123. The van der Waals surface area contributed by atoms with Gasteiger partial charge in [0.25, 0.3) is 0 Å². The van der Waals surface area contributed by atoms with Gasteiger partial charge in [-0.25, -0.2) is 0 Å². The summed E-state index contributed by atoms with van der Waals surface area (Å²) in [6, 6.07) is 0. The monoisotopic (exact) mass is 254 g/mol. The second-order valence-electron chi connectivity index (χ2n) is 5.64. The maximum atomic E-state index is 12.1. The molecule has 1 aliphatic heterocycles. The van der Waals surface area contributed by atoms with Gasteiger partial charge in [0, 0.05) is 25.6 Å². The number of aliphatic hydroxyl groups excluding tert-OH is 1. The third-order valence-corrected chi connectivity index (χ3v) is 4.29.